The molecule has 0 saturated carbocycles. The molecule has 0 saturated heterocycles. The molecule has 0 radical (unpaired) electrons. The van der Waals surface area contributed by atoms with Gasteiger partial charge in [0.15, 0.2) is 6.10 Å². The lowest BCUT2D eigenvalue weighted by Crippen LogP contribution is -2.30. The molecule has 0 heterocycles. The van der Waals surface area contributed by atoms with Gasteiger partial charge in [0, 0.05) is 18.4 Å². The number of carbonyl (C=O) groups is 1. The van der Waals surface area contributed by atoms with Gasteiger partial charge in [0.2, 0.25) is 0 Å². The quantitative estimate of drug-likeness (QED) is 0.658. The molecule has 6 heteroatoms. The lowest BCUT2D eigenvalue weighted by molar-refractivity contribution is -0.122. The first-order valence-electron chi connectivity index (χ1n) is 8.54. The van der Waals surface area contributed by atoms with Crippen molar-refractivity contribution in [1.82, 2.24) is 0 Å². The predicted octanol–water partition coefficient (Wildman–Crippen LogP) is 3.52. The second-order valence-corrected chi connectivity index (χ2v) is 5.50. The van der Waals surface area contributed by atoms with Crippen molar-refractivity contribution in [2.45, 2.75) is 20.0 Å². The van der Waals surface area contributed by atoms with E-state index in [1.165, 1.54) is 0 Å². The molecule has 0 aromatic heterocycles. The van der Waals surface area contributed by atoms with Crippen LogP contribution in [-0.4, -0.2) is 38.9 Å². The smallest absolute Gasteiger partial charge is 0.265 e. The molecule has 1 atom stereocenters. The monoisotopic (exact) mass is 359 g/mol. The zero-order chi connectivity index (χ0) is 18.8. The molecule has 1 amide bonds. The molecule has 140 valence electrons. The van der Waals surface area contributed by atoms with Gasteiger partial charge in [0.05, 0.1) is 13.7 Å². The number of ether oxygens (including phenoxy) is 4. The molecule has 0 aliphatic heterocycles. The summed E-state index contributed by atoms with van der Waals surface area (Å²) in [5, 5.41) is 2.83. The van der Waals surface area contributed by atoms with Crippen LogP contribution in [0.1, 0.15) is 13.8 Å². The van der Waals surface area contributed by atoms with Crippen LogP contribution in [0.2, 0.25) is 0 Å². The van der Waals surface area contributed by atoms with Gasteiger partial charge in [-0.3, -0.25) is 4.79 Å². The topological polar surface area (TPSA) is 66.0 Å². The largest absolute Gasteiger partial charge is 0.497 e. The van der Waals surface area contributed by atoms with Crippen molar-refractivity contribution in [2.24, 2.45) is 0 Å². The second-order valence-electron chi connectivity index (χ2n) is 5.50. The summed E-state index contributed by atoms with van der Waals surface area (Å²) in [6, 6.07) is 14.3. The Hall–Kier alpha value is -2.73. The van der Waals surface area contributed by atoms with E-state index in [9.17, 15) is 4.79 Å². The third kappa shape index (κ3) is 6.29. The van der Waals surface area contributed by atoms with Crippen molar-refractivity contribution in [3.63, 3.8) is 0 Å². The summed E-state index contributed by atoms with van der Waals surface area (Å²) < 4.78 is 21.6. The van der Waals surface area contributed by atoms with Crippen LogP contribution < -0.4 is 19.5 Å². The number of hydrogen-bond acceptors (Lipinski definition) is 5. The van der Waals surface area contributed by atoms with Crippen molar-refractivity contribution in [3.05, 3.63) is 48.5 Å². The first-order chi connectivity index (χ1) is 12.6. The number of carbonyl (C=O) groups excluding carboxylic acids is 1. The lowest BCUT2D eigenvalue weighted by Gasteiger charge is -2.15. The fourth-order valence-electron chi connectivity index (χ4n) is 2.18. The van der Waals surface area contributed by atoms with Gasteiger partial charge in [-0.15, -0.1) is 0 Å². The van der Waals surface area contributed by atoms with E-state index >= 15 is 0 Å². The number of nitrogens with one attached hydrogen (secondary N) is 1. The van der Waals surface area contributed by atoms with Crippen molar-refractivity contribution >= 4 is 11.6 Å². The highest BCUT2D eigenvalue weighted by Gasteiger charge is 2.15. The van der Waals surface area contributed by atoms with E-state index in [-0.39, 0.29) is 5.91 Å². The Morgan fingerprint density at radius 1 is 1.04 bits per heavy atom. The van der Waals surface area contributed by atoms with Gasteiger partial charge in [0.25, 0.3) is 5.91 Å². The van der Waals surface area contributed by atoms with Crippen LogP contribution in [0.3, 0.4) is 0 Å². The Morgan fingerprint density at radius 3 is 2.46 bits per heavy atom. The number of benzene rings is 2. The van der Waals surface area contributed by atoms with E-state index in [0.717, 1.165) is 5.75 Å². The molecule has 2 aromatic carbocycles. The second kappa shape index (κ2) is 10.3. The van der Waals surface area contributed by atoms with Crippen LogP contribution >= 0.6 is 0 Å². The third-order valence-corrected chi connectivity index (χ3v) is 3.54. The normalized spacial score (nSPS) is 11.5. The van der Waals surface area contributed by atoms with E-state index in [1.54, 1.807) is 50.4 Å². The minimum Gasteiger partial charge on any atom is -0.497 e. The highest BCUT2D eigenvalue weighted by Crippen LogP contribution is 2.20. The van der Waals surface area contributed by atoms with Crippen molar-refractivity contribution in [3.8, 4) is 17.2 Å². The van der Waals surface area contributed by atoms with Crippen LogP contribution in [0.25, 0.3) is 0 Å². The van der Waals surface area contributed by atoms with Gasteiger partial charge in [-0.05, 0) is 50.2 Å². The minimum absolute atomic E-state index is 0.243. The summed E-state index contributed by atoms with van der Waals surface area (Å²) >= 11 is 0. The first kappa shape index (κ1) is 19.6. The predicted molar refractivity (Wildman–Crippen MR) is 100 cm³/mol. The summed E-state index contributed by atoms with van der Waals surface area (Å²) in [5.41, 5.74) is 0.647. The Morgan fingerprint density at radius 2 is 1.77 bits per heavy atom. The molecule has 1 unspecified atom stereocenters. The average molecular weight is 359 g/mol. The van der Waals surface area contributed by atoms with Crippen LogP contribution in [-0.2, 0) is 9.53 Å². The van der Waals surface area contributed by atoms with Crippen molar-refractivity contribution in [1.29, 1.82) is 0 Å². The molecule has 2 aromatic rings. The minimum atomic E-state index is -0.647. The van der Waals surface area contributed by atoms with E-state index in [4.69, 9.17) is 18.9 Å². The van der Waals surface area contributed by atoms with E-state index in [1.807, 2.05) is 19.1 Å². The van der Waals surface area contributed by atoms with Gasteiger partial charge < -0.3 is 24.3 Å². The van der Waals surface area contributed by atoms with Crippen molar-refractivity contribution in [2.75, 3.05) is 32.2 Å². The fourth-order valence-corrected chi connectivity index (χ4v) is 2.18. The molecular formula is C20H25NO5. The number of rotatable bonds is 10. The zero-order valence-electron chi connectivity index (χ0n) is 15.4. The van der Waals surface area contributed by atoms with Crippen LogP contribution in [0.5, 0.6) is 17.2 Å². The van der Waals surface area contributed by atoms with E-state index < -0.39 is 6.10 Å². The molecule has 0 aliphatic carbocycles. The van der Waals surface area contributed by atoms with Gasteiger partial charge in [-0.25, -0.2) is 0 Å². The number of amides is 1. The van der Waals surface area contributed by atoms with Crippen LogP contribution in [0.4, 0.5) is 5.69 Å². The molecule has 26 heavy (non-hydrogen) atoms. The summed E-state index contributed by atoms with van der Waals surface area (Å²) in [6.07, 6.45) is -0.647. The maximum Gasteiger partial charge on any atom is 0.265 e. The Bertz CT molecular complexity index is 687. The lowest BCUT2D eigenvalue weighted by atomic mass is 10.2. The third-order valence-electron chi connectivity index (χ3n) is 3.54. The molecule has 0 bridgehead atoms. The zero-order valence-corrected chi connectivity index (χ0v) is 15.4. The fraction of sp³-hybridized carbons (Fsp3) is 0.350. The number of hydrogen-bond donors (Lipinski definition) is 1. The summed E-state index contributed by atoms with van der Waals surface area (Å²) in [7, 11) is 1.60. The SMILES string of the molecule is CCOCCOc1cccc(NC(=O)C(C)Oc2ccc(OC)cc2)c1. The molecule has 6 nitrogen and oxygen atoms in total. The Labute approximate surface area is 154 Å². The van der Waals surface area contributed by atoms with Gasteiger partial charge in [-0.2, -0.15) is 0 Å². The highest BCUT2D eigenvalue weighted by molar-refractivity contribution is 5.94. The molecule has 1 N–H and O–H groups in total. The van der Waals surface area contributed by atoms with Gasteiger partial charge in [0.1, 0.15) is 23.9 Å². The highest BCUT2D eigenvalue weighted by atomic mass is 16.5. The summed E-state index contributed by atoms with van der Waals surface area (Å²) in [5.74, 6) is 1.76. The number of methoxy groups -OCH3 is 1. The maximum absolute atomic E-state index is 12.3. The first-order valence-corrected chi connectivity index (χ1v) is 8.54. The number of anilines is 1. The van der Waals surface area contributed by atoms with E-state index in [0.29, 0.717) is 37.0 Å². The van der Waals surface area contributed by atoms with Crippen LogP contribution in [0.15, 0.2) is 48.5 Å². The Balaban J connectivity index is 1.87. The van der Waals surface area contributed by atoms with Crippen molar-refractivity contribution < 1.29 is 23.7 Å². The van der Waals surface area contributed by atoms with Crippen LogP contribution in [0, 0.1) is 0 Å². The molecule has 0 aliphatic rings. The standard InChI is InChI=1S/C20H25NO5/c1-4-24-12-13-25-19-7-5-6-16(14-19)21-20(22)15(2)26-18-10-8-17(23-3)9-11-18/h5-11,14-15H,4,12-13H2,1-3H3,(H,21,22). The molecular weight excluding hydrogens is 334 g/mol. The summed E-state index contributed by atoms with van der Waals surface area (Å²) in [6.45, 7) is 5.28. The molecule has 0 fully saturated rings. The Kier molecular flexibility index (Phi) is 7.76. The molecule has 2 rings (SSSR count). The van der Waals surface area contributed by atoms with E-state index in [2.05, 4.69) is 5.32 Å². The van der Waals surface area contributed by atoms with Gasteiger partial charge in [-0.1, -0.05) is 6.07 Å². The molecule has 0 spiro atoms. The maximum atomic E-state index is 12.3. The van der Waals surface area contributed by atoms with Gasteiger partial charge >= 0.3 is 0 Å². The average Bonchev–Trinajstić information content (AvgIpc) is 2.66. The summed E-state index contributed by atoms with van der Waals surface area (Å²) in [4.78, 5) is 12.3.